The maximum absolute atomic E-state index is 9.49. The van der Waals surface area contributed by atoms with Crippen molar-refractivity contribution < 1.29 is 5.11 Å². The summed E-state index contributed by atoms with van der Waals surface area (Å²) >= 11 is 0. The van der Waals surface area contributed by atoms with Crippen LogP contribution in [0.5, 0.6) is 0 Å². The van der Waals surface area contributed by atoms with Crippen LogP contribution in [0.1, 0.15) is 29.5 Å². The number of hydrogen-bond donors (Lipinski definition) is 2. The molecule has 1 aromatic carbocycles. The molecule has 0 aliphatic carbocycles. The molecule has 2 aromatic rings. The van der Waals surface area contributed by atoms with E-state index in [1.165, 1.54) is 11.1 Å². The van der Waals surface area contributed by atoms with Crippen molar-refractivity contribution in [2.45, 2.75) is 32.0 Å². The van der Waals surface area contributed by atoms with Gasteiger partial charge in [0.1, 0.15) is 11.9 Å². The summed E-state index contributed by atoms with van der Waals surface area (Å²) in [7, 11) is 0. The van der Waals surface area contributed by atoms with Crippen molar-refractivity contribution in [3.05, 3.63) is 59.3 Å². The lowest BCUT2D eigenvalue weighted by molar-refractivity contribution is 0.153. The predicted molar refractivity (Wildman–Crippen MR) is 93.2 cm³/mol. The second-order valence-corrected chi connectivity index (χ2v) is 6.12. The molecule has 1 fully saturated rings. The van der Waals surface area contributed by atoms with Gasteiger partial charge in [-0.1, -0.05) is 24.3 Å². The molecule has 0 bridgehead atoms. The molecule has 3 rings (SSSR count). The summed E-state index contributed by atoms with van der Waals surface area (Å²) < 4.78 is 0. The van der Waals surface area contributed by atoms with Gasteiger partial charge in [0.25, 0.3) is 0 Å². The van der Waals surface area contributed by atoms with Crippen LogP contribution in [-0.2, 0) is 13.1 Å². The van der Waals surface area contributed by atoms with E-state index in [0.29, 0.717) is 12.1 Å². The lowest BCUT2D eigenvalue weighted by atomic mass is 10.1. The predicted octanol–water partition coefficient (Wildman–Crippen LogP) is 2.52. The number of benzene rings is 1. The zero-order valence-electron chi connectivity index (χ0n) is 13.7. The smallest absolute Gasteiger partial charge is 0.126 e. The van der Waals surface area contributed by atoms with Crippen LogP contribution in [0.15, 0.2) is 42.6 Å². The molecule has 5 heteroatoms. The molecule has 2 heterocycles. The van der Waals surface area contributed by atoms with Crippen molar-refractivity contribution in [2.24, 2.45) is 0 Å². The standard InChI is InChI=1S/C19H22N4O/c20-10-15-7-8-19(21-11-15)22-12-16-4-1-2-5-17(16)13-23-9-3-6-18(23)14-24/h1-2,4-5,7-8,11,18,24H,3,6,9,12-14H2,(H,21,22). The zero-order chi connectivity index (χ0) is 16.8. The number of aliphatic hydroxyl groups excluding tert-OH is 1. The molecule has 1 aliphatic rings. The molecule has 24 heavy (non-hydrogen) atoms. The van der Waals surface area contributed by atoms with Crippen molar-refractivity contribution in [1.82, 2.24) is 9.88 Å². The van der Waals surface area contributed by atoms with Gasteiger partial charge in [0.05, 0.1) is 12.2 Å². The fraction of sp³-hybridized carbons (Fsp3) is 0.368. The monoisotopic (exact) mass is 322 g/mol. The minimum Gasteiger partial charge on any atom is -0.395 e. The van der Waals surface area contributed by atoms with Gasteiger partial charge < -0.3 is 10.4 Å². The van der Waals surface area contributed by atoms with Gasteiger partial charge in [-0.15, -0.1) is 0 Å². The number of nitrogens with one attached hydrogen (secondary N) is 1. The molecule has 0 radical (unpaired) electrons. The fourth-order valence-electron chi connectivity index (χ4n) is 3.16. The molecule has 1 aliphatic heterocycles. The van der Waals surface area contributed by atoms with Gasteiger partial charge in [0.15, 0.2) is 0 Å². The molecule has 0 amide bonds. The van der Waals surface area contributed by atoms with Gasteiger partial charge in [0, 0.05) is 25.3 Å². The first-order chi connectivity index (χ1) is 11.8. The lowest BCUT2D eigenvalue weighted by Crippen LogP contribution is -2.32. The highest BCUT2D eigenvalue weighted by Gasteiger charge is 2.24. The molecule has 1 unspecified atom stereocenters. The highest BCUT2D eigenvalue weighted by atomic mass is 16.3. The Bertz CT molecular complexity index is 708. The fourth-order valence-corrected chi connectivity index (χ4v) is 3.16. The van der Waals surface area contributed by atoms with Crippen molar-refractivity contribution in [3.63, 3.8) is 0 Å². The number of pyridine rings is 1. The lowest BCUT2D eigenvalue weighted by Gasteiger charge is -2.24. The summed E-state index contributed by atoms with van der Waals surface area (Å²) in [5, 5.41) is 21.6. The van der Waals surface area contributed by atoms with Gasteiger partial charge in [0.2, 0.25) is 0 Å². The van der Waals surface area contributed by atoms with Crippen LogP contribution < -0.4 is 5.32 Å². The van der Waals surface area contributed by atoms with Crippen LogP contribution in [0, 0.1) is 11.3 Å². The summed E-state index contributed by atoms with van der Waals surface area (Å²) in [5.41, 5.74) is 3.07. The largest absolute Gasteiger partial charge is 0.395 e. The molecule has 0 spiro atoms. The number of aliphatic hydroxyl groups is 1. The van der Waals surface area contributed by atoms with Gasteiger partial charge in [-0.05, 0) is 42.6 Å². The van der Waals surface area contributed by atoms with Crippen molar-refractivity contribution >= 4 is 5.82 Å². The number of rotatable bonds is 6. The average Bonchev–Trinajstić information content (AvgIpc) is 3.08. The third-order valence-electron chi connectivity index (χ3n) is 4.55. The van der Waals surface area contributed by atoms with Crippen LogP contribution in [0.2, 0.25) is 0 Å². The maximum atomic E-state index is 9.49. The molecule has 1 saturated heterocycles. The Morgan fingerprint density at radius 1 is 1.25 bits per heavy atom. The van der Waals surface area contributed by atoms with E-state index in [1.54, 1.807) is 12.3 Å². The van der Waals surface area contributed by atoms with Gasteiger partial charge in [-0.3, -0.25) is 4.90 Å². The third-order valence-corrected chi connectivity index (χ3v) is 4.55. The van der Waals surface area contributed by atoms with E-state index in [9.17, 15) is 5.11 Å². The van der Waals surface area contributed by atoms with Gasteiger partial charge >= 0.3 is 0 Å². The van der Waals surface area contributed by atoms with Gasteiger partial charge in [-0.2, -0.15) is 5.26 Å². The Morgan fingerprint density at radius 3 is 2.79 bits per heavy atom. The van der Waals surface area contributed by atoms with Crippen molar-refractivity contribution in [3.8, 4) is 6.07 Å². The highest BCUT2D eigenvalue weighted by Crippen LogP contribution is 2.21. The Morgan fingerprint density at radius 2 is 2.08 bits per heavy atom. The van der Waals surface area contributed by atoms with E-state index in [4.69, 9.17) is 5.26 Å². The Balaban J connectivity index is 1.66. The SMILES string of the molecule is N#Cc1ccc(NCc2ccccc2CN2CCCC2CO)nc1. The second-order valence-electron chi connectivity index (χ2n) is 6.12. The summed E-state index contributed by atoms with van der Waals surface area (Å²) in [6, 6.07) is 14.3. The Kier molecular flexibility index (Phi) is 5.42. The third kappa shape index (κ3) is 3.91. The highest BCUT2D eigenvalue weighted by molar-refractivity contribution is 5.40. The Labute approximate surface area is 142 Å². The summed E-state index contributed by atoms with van der Waals surface area (Å²) in [5.74, 6) is 0.762. The first-order valence-electron chi connectivity index (χ1n) is 8.32. The molecule has 1 atom stereocenters. The van der Waals surface area contributed by atoms with Crippen LogP contribution >= 0.6 is 0 Å². The second kappa shape index (κ2) is 7.91. The minimum absolute atomic E-state index is 0.232. The molecule has 2 N–H and O–H groups in total. The van der Waals surface area contributed by atoms with E-state index >= 15 is 0 Å². The van der Waals surface area contributed by atoms with Gasteiger partial charge in [-0.25, -0.2) is 4.98 Å². The summed E-state index contributed by atoms with van der Waals surface area (Å²) in [4.78, 5) is 6.61. The zero-order valence-corrected chi connectivity index (χ0v) is 13.7. The molecular weight excluding hydrogens is 300 g/mol. The molecule has 0 saturated carbocycles. The first kappa shape index (κ1) is 16.4. The molecular formula is C19H22N4O. The first-order valence-corrected chi connectivity index (χ1v) is 8.32. The Hall–Kier alpha value is -2.42. The van der Waals surface area contributed by atoms with Crippen LogP contribution in [0.4, 0.5) is 5.82 Å². The van der Waals surface area contributed by atoms with Crippen LogP contribution in [-0.4, -0.2) is 34.2 Å². The number of hydrogen-bond acceptors (Lipinski definition) is 5. The quantitative estimate of drug-likeness (QED) is 0.855. The number of aromatic nitrogens is 1. The van der Waals surface area contributed by atoms with Crippen LogP contribution in [0.25, 0.3) is 0 Å². The number of anilines is 1. The normalized spacial score (nSPS) is 17.6. The maximum Gasteiger partial charge on any atom is 0.126 e. The number of nitrogens with zero attached hydrogens (tertiary/aromatic N) is 3. The molecule has 5 nitrogen and oxygen atoms in total. The van der Waals surface area contributed by atoms with E-state index < -0.39 is 0 Å². The molecule has 124 valence electrons. The van der Waals surface area contributed by atoms with E-state index in [2.05, 4.69) is 39.5 Å². The van der Waals surface area contributed by atoms with Crippen molar-refractivity contribution in [2.75, 3.05) is 18.5 Å². The van der Waals surface area contributed by atoms with Crippen molar-refractivity contribution in [1.29, 1.82) is 5.26 Å². The number of likely N-dealkylation sites (tertiary alicyclic amines) is 1. The summed E-state index contributed by atoms with van der Waals surface area (Å²) in [6.07, 6.45) is 3.80. The summed E-state index contributed by atoms with van der Waals surface area (Å²) in [6.45, 7) is 2.83. The minimum atomic E-state index is 0.232. The van der Waals surface area contributed by atoms with E-state index in [1.807, 2.05) is 12.1 Å². The van der Waals surface area contributed by atoms with E-state index in [0.717, 1.165) is 31.7 Å². The van der Waals surface area contributed by atoms with E-state index in [-0.39, 0.29) is 12.6 Å². The average molecular weight is 322 g/mol. The molecule has 1 aromatic heterocycles. The number of nitriles is 1. The topological polar surface area (TPSA) is 72.2 Å². The van der Waals surface area contributed by atoms with Crippen LogP contribution in [0.3, 0.4) is 0 Å².